The van der Waals surface area contributed by atoms with Crippen LogP contribution in [-0.4, -0.2) is 74.4 Å². The number of nitrogens with one attached hydrogen (secondary N) is 3. The maximum absolute atomic E-state index is 12.9. The molecule has 11 heteroatoms. The number of anilines is 1. The number of carbonyl (C=O) groups excluding carboxylic acids is 3. The van der Waals surface area contributed by atoms with Crippen molar-refractivity contribution in [2.75, 3.05) is 32.0 Å². The van der Waals surface area contributed by atoms with Crippen molar-refractivity contribution in [2.24, 2.45) is 7.05 Å². The maximum Gasteiger partial charge on any atom is 0.287 e. The molecular formula is C23H28N8O3. The fourth-order valence-corrected chi connectivity index (χ4v) is 4.59. The number of hydrogen-bond donors (Lipinski definition) is 3. The minimum atomic E-state index is -0.439. The molecule has 0 aliphatic carbocycles. The molecule has 3 amide bonds. The van der Waals surface area contributed by atoms with Gasteiger partial charge in [0.25, 0.3) is 17.7 Å². The molecule has 0 saturated carbocycles. The Morgan fingerprint density at radius 2 is 1.88 bits per heavy atom. The molecule has 0 radical (unpaired) electrons. The van der Waals surface area contributed by atoms with E-state index in [-0.39, 0.29) is 41.2 Å². The molecule has 3 aromatic rings. The van der Waals surface area contributed by atoms with Crippen LogP contribution < -0.4 is 16.0 Å². The highest BCUT2D eigenvalue weighted by Crippen LogP contribution is 2.25. The summed E-state index contributed by atoms with van der Waals surface area (Å²) in [5.74, 6) is -0.345. The zero-order valence-electron chi connectivity index (χ0n) is 19.5. The van der Waals surface area contributed by atoms with Crippen LogP contribution in [0.5, 0.6) is 0 Å². The van der Waals surface area contributed by atoms with Gasteiger partial charge in [-0.1, -0.05) is 0 Å². The molecule has 34 heavy (non-hydrogen) atoms. The van der Waals surface area contributed by atoms with Gasteiger partial charge in [-0.25, -0.2) is 9.97 Å². The molecule has 3 aromatic heterocycles. The van der Waals surface area contributed by atoms with Gasteiger partial charge in [0, 0.05) is 31.2 Å². The second-order valence-electron chi connectivity index (χ2n) is 9.13. The van der Waals surface area contributed by atoms with E-state index in [2.05, 4.69) is 37.9 Å². The minimum Gasteiger partial charge on any atom is -0.349 e. The number of hydrogen-bond acceptors (Lipinski definition) is 6. The van der Waals surface area contributed by atoms with E-state index >= 15 is 0 Å². The number of piperidine rings is 1. The van der Waals surface area contributed by atoms with E-state index in [1.54, 1.807) is 36.0 Å². The maximum atomic E-state index is 12.9. The third-order valence-corrected chi connectivity index (χ3v) is 6.52. The summed E-state index contributed by atoms with van der Waals surface area (Å²) < 4.78 is 3.46. The Bertz CT molecular complexity index is 1280. The molecule has 0 spiro atoms. The van der Waals surface area contributed by atoms with E-state index in [4.69, 9.17) is 0 Å². The molecule has 1 fully saturated rings. The van der Waals surface area contributed by atoms with E-state index in [1.807, 2.05) is 11.5 Å². The fourth-order valence-electron chi connectivity index (χ4n) is 4.59. The van der Waals surface area contributed by atoms with E-state index in [1.165, 1.54) is 0 Å². The first-order valence-electron chi connectivity index (χ1n) is 11.4. The lowest BCUT2D eigenvalue weighted by Gasteiger charge is -2.29. The van der Waals surface area contributed by atoms with Gasteiger partial charge in [0.2, 0.25) is 5.82 Å². The summed E-state index contributed by atoms with van der Waals surface area (Å²) in [5, 5.41) is 9.42. The van der Waals surface area contributed by atoms with Gasteiger partial charge in [-0.2, -0.15) is 0 Å². The van der Waals surface area contributed by atoms with Crippen LogP contribution in [0.2, 0.25) is 0 Å². The normalized spacial score (nSPS) is 19.0. The first-order valence-corrected chi connectivity index (χ1v) is 11.4. The lowest BCUT2D eigenvalue weighted by molar-refractivity contribution is 0.0899. The van der Waals surface area contributed by atoms with Gasteiger partial charge in [0.15, 0.2) is 5.82 Å². The molecule has 0 unspecified atom stereocenters. The Labute approximate surface area is 196 Å². The molecule has 1 saturated heterocycles. The van der Waals surface area contributed by atoms with Gasteiger partial charge in [-0.15, -0.1) is 0 Å². The van der Waals surface area contributed by atoms with Gasteiger partial charge in [-0.05, 0) is 58.1 Å². The van der Waals surface area contributed by atoms with Crippen LogP contribution in [0.3, 0.4) is 0 Å². The van der Waals surface area contributed by atoms with E-state index in [0.29, 0.717) is 17.9 Å². The summed E-state index contributed by atoms with van der Waals surface area (Å²) in [7, 11) is 3.79. The van der Waals surface area contributed by atoms with Gasteiger partial charge in [0.05, 0.1) is 6.04 Å². The molecule has 0 aromatic carbocycles. The molecule has 1 atom stereocenters. The van der Waals surface area contributed by atoms with Gasteiger partial charge in [0.1, 0.15) is 17.0 Å². The second kappa shape index (κ2) is 8.56. The zero-order valence-corrected chi connectivity index (χ0v) is 19.5. The van der Waals surface area contributed by atoms with Crippen LogP contribution in [0.15, 0.2) is 24.4 Å². The predicted octanol–water partition coefficient (Wildman–Crippen LogP) is 1.15. The molecular weight excluding hydrogens is 436 g/mol. The monoisotopic (exact) mass is 464 g/mol. The van der Waals surface area contributed by atoms with Crippen molar-refractivity contribution in [1.29, 1.82) is 0 Å². The Morgan fingerprint density at radius 1 is 1.12 bits per heavy atom. The topological polar surface area (TPSA) is 126 Å². The van der Waals surface area contributed by atoms with Gasteiger partial charge in [-0.3, -0.25) is 14.4 Å². The number of pyridine rings is 1. The first-order chi connectivity index (χ1) is 16.3. The highest BCUT2D eigenvalue weighted by molar-refractivity contribution is 6.05. The summed E-state index contributed by atoms with van der Waals surface area (Å²) >= 11 is 0. The van der Waals surface area contributed by atoms with Crippen molar-refractivity contribution >= 4 is 34.6 Å². The molecule has 5 heterocycles. The Kier molecular flexibility index (Phi) is 5.56. The van der Waals surface area contributed by atoms with Crippen molar-refractivity contribution < 1.29 is 14.4 Å². The standard InChI is InChI=1S/C23H28N8O3/c1-13-11-24-22(33)17-10-14-4-5-16(26-19(14)31(13)17)21(32)28-18-12-30(3)20(27-18)23(34)25-15-6-8-29(2)9-7-15/h4-5,10,12-13,15H,6-9,11H2,1-3H3,(H,24,33)(H,25,34)(H,28,32)/t13-/m1/s1. The third kappa shape index (κ3) is 4.03. The summed E-state index contributed by atoms with van der Waals surface area (Å²) in [6.07, 6.45) is 3.40. The number of fused-ring (bicyclic) bond motifs is 3. The molecule has 178 valence electrons. The van der Waals surface area contributed by atoms with Crippen LogP contribution in [-0.2, 0) is 7.05 Å². The molecule has 3 N–H and O–H groups in total. The van der Waals surface area contributed by atoms with E-state index in [9.17, 15) is 14.4 Å². The number of amides is 3. The van der Waals surface area contributed by atoms with Crippen LogP contribution in [0.1, 0.15) is 57.4 Å². The molecule has 11 nitrogen and oxygen atoms in total. The van der Waals surface area contributed by atoms with Crippen LogP contribution in [0, 0.1) is 0 Å². The van der Waals surface area contributed by atoms with Gasteiger partial charge < -0.3 is 30.0 Å². The average molecular weight is 465 g/mol. The third-order valence-electron chi connectivity index (χ3n) is 6.52. The lowest BCUT2D eigenvalue weighted by atomic mass is 10.1. The van der Waals surface area contributed by atoms with Crippen molar-refractivity contribution in [2.45, 2.75) is 31.8 Å². The van der Waals surface area contributed by atoms with Crippen LogP contribution in [0.4, 0.5) is 5.82 Å². The quantitative estimate of drug-likeness (QED) is 0.532. The lowest BCUT2D eigenvalue weighted by Crippen LogP contribution is -2.43. The molecule has 2 aliphatic rings. The number of carbonyl (C=O) groups is 3. The van der Waals surface area contributed by atoms with Gasteiger partial charge >= 0.3 is 0 Å². The van der Waals surface area contributed by atoms with Crippen LogP contribution >= 0.6 is 0 Å². The Balaban J connectivity index is 1.32. The van der Waals surface area contributed by atoms with Crippen molar-refractivity contribution in [3.63, 3.8) is 0 Å². The fraction of sp³-hybridized carbons (Fsp3) is 0.435. The van der Waals surface area contributed by atoms with E-state index in [0.717, 1.165) is 31.3 Å². The SMILES string of the molecule is C[C@@H]1CNC(=O)c2cc3ccc(C(=O)Nc4cn(C)c(C(=O)NC5CCN(C)CC5)n4)nc3n21. The number of rotatable bonds is 4. The predicted molar refractivity (Wildman–Crippen MR) is 126 cm³/mol. The van der Waals surface area contributed by atoms with Crippen LogP contribution in [0.25, 0.3) is 11.0 Å². The summed E-state index contributed by atoms with van der Waals surface area (Å²) in [6, 6.07) is 5.32. The summed E-state index contributed by atoms with van der Waals surface area (Å²) in [4.78, 5) is 48.9. The van der Waals surface area contributed by atoms with E-state index < -0.39 is 5.91 Å². The van der Waals surface area contributed by atoms with Crippen molar-refractivity contribution in [3.8, 4) is 0 Å². The second-order valence-corrected chi connectivity index (χ2v) is 9.13. The summed E-state index contributed by atoms with van der Waals surface area (Å²) in [6.45, 7) is 4.38. The minimum absolute atomic E-state index is 0.0254. The smallest absolute Gasteiger partial charge is 0.287 e. The number of aryl methyl sites for hydroxylation is 1. The summed E-state index contributed by atoms with van der Waals surface area (Å²) in [5.41, 5.74) is 1.32. The Hall–Kier alpha value is -3.73. The Morgan fingerprint density at radius 3 is 2.65 bits per heavy atom. The highest BCUT2D eigenvalue weighted by atomic mass is 16.2. The molecule has 2 aliphatic heterocycles. The number of imidazole rings is 1. The highest BCUT2D eigenvalue weighted by Gasteiger charge is 2.26. The zero-order chi connectivity index (χ0) is 24.0. The molecule has 0 bridgehead atoms. The average Bonchev–Trinajstić information content (AvgIpc) is 3.38. The largest absolute Gasteiger partial charge is 0.349 e. The van der Waals surface area contributed by atoms with Crippen molar-refractivity contribution in [1.82, 2.24) is 34.6 Å². The number of nitrogens with zero attached hydrogens (tertiary/aromatic N) is 5. The first kappa shape index (κ1) is 22.1. The number of aromatic nitrogens is 4. The van der Waals surface area contributed by atoms with Crippen molar-refractivity contribution in [3.05, 3.63) is 41.6 Å². The number of likely N-dealkylation sites (tertiary alicyclic amines) is 1. The molecule has 5 rings (SSSR count).